The Morgan fingerprint density at radius 3 is 2.90 bits per heavy atom. The monoisotopic (exact) mass is 290 g/mol. The Morgan fingerprint density at radius 2 is 2.15 bits per heavy atom. The van der Waals surface area contributed by atoms with Gasteiger partial charge in [0.25, 0.3) is 0 Å². The summed E-state index contributed by atoms with van der Waals surface area (Å²) >= 11 is 1.54. The van der Waals surface area contributed by atoms with E-state index in [9.17, 15) is 4.79 Å². The summed E-state index contributed by atoms with van der Waals surface area (Å²) < 4.78 is 10.9. The number of nitrogens with one attached hydrogen (secondary N) is 1. The van der Waals surface area contributed by atoms with Gasteiger partial charge in [-0.1, -0.05) is 0 Å². The molecule has 0 radical (unpaired) electrons. The molecule has 1 aliphatic heterocycles. The van der Waals surface area contributed by atoms with Gasteiger partial charge in [-0.15, -0.1) is 11.3 Å². The summed E-state index contributed by atoms with van der Waals surface area (Å²) in [6.07, 6.45) is 0.277. The first-order chi connectivity index (χ1) is 9.70. The van der Waals surface area contributed by atoms with E-state index in [1.165, 1.54) is 0 Å². The predicted octanol–water partition coefficient (Wildman–Crippen LogP) is 2.40. The summed E-state index contributed by atoms with van der Waals surface area (Å²) in [5, 5.41) is 5.71. The van der Waals surface area contributed by atoms with Crippen molar-refractivity contribution in [2.75, 3.05) is 18.5 Å². The lowest BCUT2D eigenvalue weighted by Crippen LogP contribution is -2.17. The number of benzene rings is 1. The summed E-state index contributed by atoms with van der Waals surface area (Å²) in [7, 11) is 0. The van der Waals surface area contributed by atoms with Crippen molar-refractivity contribution in [1.82, 2.24) is 4.98 Å². The average Bonchev–Trinajstić information content (AvgIpc) is 2.83. The van der Waals surface area contributed by atoms with Crippen molar-refractivity contribution in [3.8, 4) is 11.5 Å². The number of thiazole rings is 1. The molecule has 1 aromatic heterocycles. The number of amides is 1. The zero-order chi connectivity index (χ0) is 13.9. The van der Waals surface area contributed by atoms with Crippen LogP contribution in [0.5, 0.6) is 11.5 Å². The molecule has 1 aromatic carbocycles. The van der Waals surface area contributed by atoms with Crippen LogP contribution in [-0.4, -0.2) is 24.1 Å². The molecule has 20 heavy (non-hydrogen) atoms. The fourth-order valence-electron chi connectivity index (χ4n) is 1.98. The molecule has 0 fully saturated rings. The van der Waals surface area contributed by atoms with Crippen LogP contribution >= 0.6 is 11.3 Å². The number of anilines is 1. The number of aromatic nitrogens is 1. The molecule has 0 aliphatic carbocycles. The van der Waals surface area contributed by atoms with Crippen LogP contribution in [0.4, 0.5) is 5.69 Å². The highest BCUT2D eigenvalue weighted by Gasteiger charge is 2.13. The Hall–Kier alpha value is -2.08. The van der Waals surface area contributed by atoms with Crippen molar-refractivity contribution in [2.45, 2.75) is 13.3 Å². The molecule has 0 saturated heterocycles. The summed E-state index contributed by atoms with van der Waals surface area (Å²) in [5.41, 5.74) is 1.49. The Bertz CT molecular complexity index is 639. The Labute approximate surface area is 120 Å². The number of aryl methyl sites for hydroxylation is 1. The number of nitrogens with zero attached hydrogens (tertiary/aromatic N) is 1. The number of hydrogen-bond acceptors (Lipinski definition) is 5. The van der Waals surface area contributed by atoms with Gasteiger partial charge >= 0.3 is 0 Å². The van der Waals surface area contributed by atoms with E-state index in [1.54, 1.807) is 29.5 Å². The molecular weight excluding hydrogens is 276 g/mol. The van der Waals surface area contributed by atoms with Gasteiger partial charge in [0, 0.05) is 17.1 Å². The molecule has 6 heteroatoms. The second-order valence-corrected chi connectivity index (χ2v) is 5.50. The van der Waals surface area contributed by atoms with E-state index in [2.05, 4.69) is 10.3 Å². The standard InChI is InChI=1S/C14H14N2O3S/c1-9-15-11(8-20-9)7-14(17)16-10-2-3-12-13(6-10)19-5-4-18-12/h2-3,6,8H,4-5,7H2,1H3,(H,16,17). The van der Waals surface area contributed by atoms with Gasteiger partial charge < -0.3 is 14.8 Å². The van der Waals surface area contributed by atoms with E-state index in [1.807, 2.05) is 12.3 Å². The van der Waals surface area contributed by atoms with E-state index in [-0.39, 0.29) is 12.3 Å². The maximum absolute atomic E-state index is 11.9. The highest BCUT2D eigenvalue weighted by atomic mass is 32.1. The fraction of sp³-hybridized carbons (Fsp3) is 0.286. The van der Waals surface area contributed by atoms with E-state index >= 15 is 0 Å². The van der Waals surface area contributed by atoms with E-state index in [4.69, 9.17) is 9.47 Å². The summed E-state index contributed by atoms with van der Waals surface area (Å²) in [5.74, 6) is 1.29. The molecule has 0 saturated carbocycles. The molecule has 0 bridgehead atoms. The third-order valence-corrected chi connectivity index (χ3v) is 3.66. The van der Waals surface area contributed by atoms with Gasteiger partial charge in [-0.2, -0.15) is 0 Å². The second kappa shape index (κ2) is 5.50. The lowest BCUT2D eigenvalue weighted by molar-refractivity contribution is -0.115. The molecule has 3 rings (SSSR count). The van der Waals surface area contributed by atoms with Gasteiger partial charge in [-0.25, -0.2) is 4.98 Å². The highest BCUT2D eigenvalue weighted by Crippen LogP contribution is 2.32. The first-order valence-electron chi connectivity index (χ1n) is 6.31. The Balaban J connectivity index is 1.66. The molecule has 1 N–H and O–H groups in total. The average molecular weight is 290 g/mol. The normalized spacial score (nSPS) is 13.1. The van der Waals surface area contributed by atoms with E-state index in [0.717, 1.165) is 10.7 Å². The highest BCUT2D eigenvalue weighted by molar-refractivity contribution is 7.09. The quantitative estimate of drug-likeness (QED) is 0.943. The minimum Gasteiger partial charge on any atom is -0.486 e. The van der Waals surface area contributed by atoms with Crippen LogP contribution < -0.4 is 14.8 Å². The first kappa shape index (κ1) is 12.9. The molecule has 1 amide bonds. The number of carbonyl (C=O) groups is 1. The number of hydrogen-bond donors (Lipinski definition) is 1. The molecule has 0 atom stereocenters. The minimum atomic E-state index is -0.0908. The summed E-state index contributed by atoms with van der Waals surface area (Å²) in [6.45, 7) is 3.01. The van der Waals surface area contributed by atoms with Gasteiger partial charge in [-0.05, 0) is 19.1 Å². The summed E-state index contributed by atoms with van der Waals surface area (Å²) in [4.78, 5) is 16.2. The van der Waals surface area contributed by atoms with Crippen LogP contribution in [0.15, 0.2) is 23.6 Å². The lowest BCUT2D eigenvalue weighted by Gasteiger charge is -2.18. The largest absolute Gasteiger partial charge is 0.486 e. The van der Waals surface area contributed by atoms with Crippen LogP contribution in [0.2, 0.25) is 0 Å². The van der Waals surface area contributed by atoms with Crippen molar-refractivity contribution in [2.24, 2.45) is 0 Å². The zero-order valence-corrected chi connectivity index (χ0v) is 11.8. The third-order valence-electron chi connectivity index (χ3n) is 2.83. The van der Waals surface area contributed by atoms with E-state index in [0.29, 0.717) is 30.4 Å². The zero-order valence-electron chi connectivity index (χ0n) is 11.0. The molecule has 0 spiro atoms. The topological polar surface area (TPSA) is 60.5 Å². The minimum absolute atomic E-state index is 0.0908. The van der Waals surface area contributed by atoms with Crippen molar-refractivity contribution in [3.05, 3.63) is 34.3 Å². The van der Waals surface area contributed by atoms with Gasteiger partial charge in [0.05, 0.1) is 17.1 Å². The molecule has 2 aromatic rings. The number of ether oxygens (including phenoxy) is 2. The van der Waals surface area contributed by atoms with E-state index < -0.39 is 0 Å². The molecule has 2 heterocycles. The SMILES string of the molecule is Cc1nc(CC(=O)Nc2ccc3c(c2)OCCO3)cs1. The molecular formula is C14H14N2O3S. The van der Waals surface area contributed by atoms with Gasteiger partial charge in [0.15, 0.2) is 11.5 Å². The number of carbonyl (C=O) groups excluding carboxylic acids is 1. The van der Waals surface area contributed by atoms with Gasteiger partial charge in [0.1, 0.15) is 13.2 Å². The Morgan fingerprint density at radius 1 is 1.35 bits per heavy atom. The first-order valence-corrected chi connectivity index (χ1v) is 7.19. The molecule has 5 nitrogen and oxygen atoms in total. The lowest BCUT2D eigenvalue weighted by atomic mass is 10.2. The fourth-order valence-corrected chi connectivity index (χ4v) is 2.59. The van der Waals surface area contributed by atoms with Crippen LogP contribution in [0.25, 0.3) is 0 Å². The molecule has 104 valence electrons. The van der Waals surface area contributed by atoms with Crippen LogP contribution in [0.1, 0.15) is 10.7 Å². The molecule has 0 unspecified atom stereocenters. The Kier molecular flexibility index (Phi) is 3.56. The summed E-state index contributed by atoms with van der Waals surface area (Å²) in [6, 6.07) is 5.38. The van der Waals surface area contributed by atoms with Crippen LogP contribution in [-0.2, 0) is 11.2 Å². The number of rotatable bonds is 3. The maximum Gasteiger partial charge on any atom is 0.230 e. The second-order valence-electron chi connectivity index (χ2n) is 4.44. The van der Waals surface area contributed by atoms with Crippen molar-refractivity contribution < 1.29 is 14.3 Å². The van der Waals surface area contributed by atoms with Gasteiger partial charge in [-0.3, -0.25) is 4.79 Å². The van der Waals surface area contributed by atoms with Crippen LogP contribution in [0.3, 0.4) is 0 Å². The smallest absolute Gasteiger partial charge is 0.230 e. The molecule has 1 aliphatic rings. The third kappa shape index (κ3) is 2.91. The van der Waals surface area contributed by atoms with Gasteiger partial charge in [0.2, 0.25) is 5.91 Å². The predicted molar refractivity (Wildman–Crippen MR) is 76.6 cm³/mol. The van der Waals surface area contributed by atoms with Crippen molar-refractivity contribution >= 4 is 22.9 Å². The maximum atomic E-state index is 11.9. The van der Waals surface area contributed by atoms with Crippen molar-refractivity contribution in [1.29, 1.82) is 0 Å². The van der Waals surface area contributed by atoms with Crippen molar-refractivity contribution in [3.63, 3.8) is 0 Å². The number of fused-ring (bicyclic) bond motifs is 1. The van der Waals surface area contributed by atoms with Crippen LogP contribution in [0, 0.1) is 6.92 Å².